The first-order valence-corrected chi connectivity index (χ1v) is 6.99. The number of fused-ring (bicyclic) bond motifs is 1. The number of aromatic amines is 1. The Bertz CT molecular complexity index is 868. The molecule has 0 fully saturated rings. The zero-order valence-electron chi connectivity index (χ0n) is 11.5. The van der Waals surface area contributed by atoms with Crippen molar-refractivity contribution in [3.63, 3.8) is 0 Å². The van der Waals surface area contributed by atoms with Gasteiger partial charge in [0.1, 0.15) is 16.2 Å². The van der Waals surface area contributed by atoms with E-state index in [0.717, 1.165) is 28.0 Å². The summed E-state index contributed by atoms with van der Waals surface area (Å²) >= 11 is 5.33. The minimum absolute atomic E-state index is 0.601. The lowest BCUT2D eigenvalue weighted by molar-refractivity contribution is 0.414. The molecule has 0 atom stereocenters. The number of para-hydroxylation sites is 2. The third-order valence-electron chi connectivity index (χ3n) is 3.20. The number of rotatable bonds is 3. The predicted octanol–water partition coefficient (Wildman–Crippen LogP) is 4.47. The van der Waals surface area contributed by atoms with E-state index < -0.39 is 0 Å². The van der Waals surface area contributed by atoms with Crippen molar-refractivity contribution in [3.05, 3.63) is 64.6 Å². The van der Waals surface area contributed by atoms with Gasteiger partial charge in [-0.2, -0.15) is 0 Å². The van der Waals surface area contributed by atoms with Crippen molar-refractivity contribution in [2.45, 2.75) is 0 Å². The molecule has 104 valence electrons. The second-order valence-corrected chi connectivity index (χ2v) is 4.93. The Morgan fingerprint density at radius 3 is 2.67 bits per heavy atom. The fourth-order valence-electron chi connectivity index (χ4n) is 2.17. The lowest BCUT2D eigenvalue weighted by Gasteiger charge is -2.04. The summed E-state index contributed by atoms with van der Waals surface area (Å²) in [4.78, 5) is 7.67. The molecule has 4 heteroatoms. The highest BCUT2D eigenvalue weighted by molar-refractivity contribution is 7.71. The second kappa shape index (κ2) is 5.89. The van der Waals surface area contributed by atoms with E-state index in [4.69, 9.17) is 17.0 Å². The third kappa shape index (κ3) is 2.85. The van der Waals surface area contributed by atoms with Crippen molar-refractivity contribution in [3.8, 4) is 5.75 Å². The van der Waals surface area contributed by atoms with Crippen LogP contribution in [0.3, 0.4) is 0 Å². The van der Waals surface area contributed by atoms with E-state index in [9.17, 15) is 0 Å². The standard InChI is InChI=1S/C17H14N2OS/c1-20-15-9-5-2-6-12(15)10-11-16-18-14-8-4-3-7-13(14)17(21)19-16/h2-11H,1H3,(H,18,19,21)/b11-10+. The number of hydrogen-bond acceptors (Lipinski definition) is 3. The van der Waals surface area contributed by atoms with E-state index in [1.165, 1.54) is 0 Å². The molecular formula is C17H14N2OS. The molecule has 0 amide bonds. The number of H-pyrrole nitrogens is 1. The molecule has 0 unspecified atom stereocenters. The van der Waals surface area contributed by atoms with Crippen LogP contribution in [-0.4, -0.2) is 17.1 Å². The summed E-state index contributed by atoms with van der Waals surface area (Å²) in [6.07, 6.45) is 3.86. The molecule has 3 rings (SSSR count). The number of nitrogens with zero attached hydrogens (tertiary/aromatic N) is 1. The van der Waals surface area contributed by atoms with Gasteiger partial charge in [-0.3, -0.25) is 0 Å². The van der Waals surface area contributed by atoms with Gasteiger partial charge < -0.3 is 9.72 Å². The van der Waals surface area contributed by atoms with Gasteiger partial charge in [0, 0.05) is 16.5 Å². The van der Waals surface area contributed by atoms with Crippen LogP contribution in [0.1, 0.15) is 11.4 Å². The summed E-state index contributed by atoms with van der Waals surface area (Å²) < 4.78 is 5.93. The lowest BCUT2D eigenvalue weighted by atomic mass is 10.2. The van der Waals surface area contributed by atoms with Crippen LogP contribution in [0.4, 0.5) is 0 Å². The average Bonchev–Trinajstić information content (AvgIpc) is 2.53. The monoisotopic (exact) mass is 294 g/mol. The quantitative estimate of drug-likeness (QED) is 0.724. The van der Waals surface area contributed by atoms with E-state index in [2.05, 4.69) is 9.97 Å². The first-order valence-electron chi connectivity index (χ1n) is 6.58. The molecule has 1 N–H and O–H groups in total. The highest BCUT2D eigenvalue weighted by Crippen LogP contribution is 2.20. The Labute approximate surface area is 127 Å². The van der Waals surface area contributed by atoms with E-state index in [-0.39, 0.29) is 0 Å². The number of ether oxygens (including phenoxy) is 1. The number of methoxy groups -OCH3 is 1. The van der Waals surface area contributed by atoms with Crippen LogP contribution in [0.25, 0.3) is 23.1 Å². The molecule has 1 aromatic heterocycles. The minimum Gasteiger partial charge on any atom is -0.496 e. The number of hydrogen-bond donors (Lipinski definition) is 1. The summed E-state index contributed by atoms with van der Waals surface area (Å²) in [7, 11) is 1.66. The van der Waals surface area contributed by atoms with Crippen molar-refractivity contribution in [1.29, 1.82) is 0 Å². The Morgan fingerprint density at radius 2 is 1.81 bits per heavy atom. The molecule has 0 bridgehead atoms. The summed E-state index contributed by atoms with van der Waals surface area (Å²) in [5, 5.41) is 0.960. The Kier molecular flexibility index (Phi) is 3.79. The van der Waals surface area contributed by atoms with Crippen LogP contribution >= 0.6 is 12.2 Å². The van der Waals surface area contributed by atoms with Gasteiger partial charge in [0.05, 0.1) is 7.11 Å². The SMILES string of the molecule is COc1ccccc1/C=C/c1nc(=S)c2ccccc2[nH]1. The highest BCUT2D eigenvalue weighted by atomic mass is 32.1. The van der Waals surface area contributed by atoms with Gasteiger partial charge in [-0.05, 0) is 30.4 Å². The fraction of sp³-hybridized carbons (Fsp3) is 0.0588. The van der Waals surface area contributed by atoms with Gasteiger partial charge in [-0.25, -0.2) is 4.98 Å². The molecule has 0 aliphatic rings. The van der Waals surface area contributed by atoms with Crippen molar-refractivity contribution in [1.82, 2.24) is 9.97 Å². The maximum absolute atomic E-state index is 5.33. The van der Waals surface area contributed by atoms with Crippen molar-refractivity contribution >= 4 is 35.3 Å². The summed E-state index contributed by atoms with van der Waals surface area (Å²) in [5.41, 5.74) is 1.98. The van der Waals surface area contributed by atoms with Gasteiger partial charge in [0.25, 0.3) is 0 Å². The molecule has 0 radical (unpaired) electrons. The zero-order valence-corrected chi connectivity index (χ0v) is 12.4. The molecule has 3 nitrogen and oxygen atoms in total. The number of benzene rings is 2. The van der Waals surface area contributed by atoms with Gasteiger partial charge in [0.2, 0.25) is 0 Å². The van der Waals surface area contributed by atoms with E-state index in [0.29, 0.717) is 4.64 Å². The molecule has 0 spiro atoms. The third-order valence-corrected chi connectivity index (χ3v) is 3.51. The first kappa shape index (κ1) is 13.5. The van der Waals surface area contributed by atoms with Crippen LogP contribution < -0.4 is 4.74 Å². The first-order chi connectivity index (χ1) is 10.3. The average molecular weight is 294 g/mol. The number of nitrogens with one attached hydrogen (secondary N) is 1. The van der Waals surface area contributed by atoms with E-state index in [1.807, 2.05) is 60.7 Å². The normalized spacial score (nSPS) is 11.1. The van der Waals surface area contributed by atoms with Gasteiger partial charge in [0.15, 0.2) is 0 Å². The van der Waals surface area contributed by atoms with Crippen molar-refractivity contribution < 1.29 is 4.74 Å². The Balaban J connectivity index is 2.02. The zero-order chi connectivity index (χ0) is 14.7. The summed E-state index contributed by atoms with van der Waals surface area (Å²) in [6.45, 7) is 0. The van der Waals surface area contributed by atoms with E-state index >= 15 is 0 Å². The molecule has 3 aromatic rings. The van der Waals surface area contributed by atoms with Gasteiger partial charge in [-0.1, -0.05) is 42.5 Å². The molecule has 2 aromatic carbocycles. The number of aromatic nitrogens is 2. The molecule has 0 saturated heterocycles. The smallest absolute Gasteiger partial charge is 0.137 e. The fourth-order valence-corrected chi connectivity index (χ4v) is 2.44. The highest BCUT2D eigenvalue weighted by Gasteiger charge is 2.00. The summed E-state index contributed by atoms with van der Waals surface area (Å²) in [5.74, 6) is 1.55. The van der Waals surface area contributed by atoms with Gasteiger partial charge >= 0.3 is 0 Å². The van der Waals surface area contributed by atoms with Crippen LogP contribution in [0.15, 0.2) is 48.5 Å². The molecule has 0 aliphatic heterocycles. The molecule has 0 saturated carbocycles. The Hall–Kier alpha value is -2.46. The lowest BCUT2D eigenvalue weighted by Crippen LogP contribution is -1.90. The van der Waals surface area contributed by atoms with Crippen LogP contribution in [0.5, 0.6) is 5.75 Å². The van der Waals surface area contributed by atoms with Crippen molar-refractivity contribution in [2.75, 3.05) is 7.11 Å². The van der Waals surface area contributed by atoms with Crippen LogP contribution in [0, 0.1) is 4.64 Å². The molecule has 0 aliphatic carbocycles. The van der Waals surface area contributed by atoms with Crippen molar-refractivity contribution in [2.24, 2.45) is 0 Å². The molecule has 21 heavy (non-hydrogen) atoms. The maximum Gasteiger partial charge on any atom is 0.137 e. The minimum atomic E-state index is 0.601. The van der Waals surface area contributed by atoms with Gasteiger partial charge in [-0.15, -0.1) is 0 Å². The second-order valence-electron chi connectivity index (χ2n) is 4.55. The van der Waals surface area contributed by atoms with Crippen LogP contribution in [0.2, 0.25) is 0 Å². The largest absolute Gasteiger partial charge is 0.496 e. The molecular weight excluding hydrogens is 280 g/mol. The Morgan fingerprint density at radius 1 is 1.05 bits per heavy atom. The van der Waals surface area contributed by atoms with E-state index in [1.54, 1.807) is 7.11 Å². The predicted molar refractivity (Wildman–Crippen MR) is 88.8 cm³/mol. The topological polar surface area (TPSA) is 37.9 Å². The molecule has 1 heterocycles. The van der Waals surface area contributed by atoms with Crippen LogP contribution in [-0.2, 0) is 0 Å². The summed E-state index contributed by atoms with van der Waals surface area (Å²) in [6, 6.07) is 15.7. The maximum atomic E-state index is 5.33.